The van der Waals surface area contributed by atoms with E-state index in [1.54, 1.807) is 30.1 Å². The van der Waals surface area contributed by atoms with Crippen LogP contribution in [0.3, 0.4) is 0 Å². The fraction of sp³-hybridized carbons (Fsp3) is 0.611. The minimum atomic E-state index is -0.429. The number of nitrogens with two attached hydrogens (primary N) is 1. The van der Waals surface area contributed by atoms with Gasteiger partial charge in [0.1, 0.15) is 0 Å². The molecule has 0 aromatic heterocycles. The number of carbonyl (C=O) groups excluding carboxylic acids is 1. The molecular formula is C18H28N2O3. The van der Waals surface area contributed by atoms with E-state index in [0.717, 1.165) is 12.0 Å². The molecule has 1 unspecified atom stereocenters. The van der Waals surface area contributed by atoms with Gasteiger partial charge in [-0.05, 0) is 30.0 Å². The topological polar surface area (TPSA) is 75.8 Å². The Morgan fingerprint density at radius 1 is 1.39 bits per heavy atom. The predicted octanol–water partition coefficient (Wildman–Crippen LogP) is 2.66. The number of amides is 1. The highest BCUT2D eigenvalue weighted by molar-refractivity contribution is 5.81. The zero-order chi connectivity index (χ0) is 16.8. The highest BCUT2D eigenvalue weighted by atomic mass is 16.5. The van der Waals surface area contributed by atoms with Gasteiger partial charge in [-0.25, -0.2) is 0 Å². The first kappa shape index (κ1) is 17.6. The average Bonchev–Trinajstić information content (AvgIpc) is 2.56. The fourth-order valence-corrected chi connectivity index (χ4v) is 3.34. The van der Waals surface area contributed by atoms with Crippen LogP contribution in [0.15, 0.2) is 18.2 Å². The van der Waals surface area contributed by atoms with E-state index in [1.807, 2.05) is 0 Å². The first-order chi connectivity index (χ1) is 11.0. The summed E-state index contributed by atoms with van der Waals surface area (Å²) in [6, 6.07) is 4.68. The van der Waals surface area contributed by atoms with Crippen molar-refractivity contribution in [3.05, 3.63) is 23.8 Å². The van der Waals surface area contributed by atoms with Crippen LogP contribution in [-0.2, 0) is 11.3 Å². The Bertz CT molecular complexity index is 527. The Kier molecular flexibility index (Phi) is 6.28. The average molecular weight is 320 g/mol. The summed E-state index contributed by atoms with van der Waals surface area (Å²) < 4.78 is 5.10. The van der Waals surface area contributed by atoms with Gasteiger partial charge in [-0.2, -0.15) is 0 Å². The summed E-state index contributed by atoms with van der Waals surface area (Å²) in [6.07, 6.45) is 6.99. The minimum absolute atomic E-state index is 0.0254. The molecule has 0 heterocycles. The van der Waals surface area contributed by atoms with Crippen LogP contribution in [-0.4, -0.2) is 36.1 Å². The van der Waals surface area contributed by atoms with E-state index in [9.17, 15) is 9.90 Å². The van der Waals surface area contributed by atoms with Crippen LogP contribution in [0, 0.1) is 5.92 Å². The maximum absolute atomic E-state index is 12.5. The zero-order valence-electron chi connectivity index (χ0n) is 14.1. The summed E-state index contributed by atoms with van der Waals surface area (Å²) in [4.78, 5) is 14.1. The van der Waals surface area contributed by atoms with Crippen molar-refractivity contribution < 1.29 is 14.6 Å². The van der Waals surface area contributed by atoms with E-state index in [0.29, 0.717) is 18.2 Å². The maximum atomic E-state index is 12.5. The Labute approximate surface area is 138 Å². The smallest absolute Gasteiger partial charge is 0.239 e. The van der Waals surface area contributed by atoms with Gasteiger partial charge in [0, 0.05) is 13.6 Å². The van der Waals surface area contributed by atoms with E-state index in [2.05, 4.69) is 0 Å². The quantitative estimate of drug-likeness (QED) is 0.845. The molecule has 1 aliphatic rings. The summed E-state index contributed by atoms with van der Waals surface area (Å²) in [5, 5.41) is 9.62. The number of likely N-dealkylation sites (N-methyl/N-ethyl adjacent to an activating group) is 1. The first-order valence-corrected chi connectivity index (χ1v) is 8.37. The molecule has 1 fully saturated rings. The molecule has 128 valence electrons. The molecule has 0 spiro atoms. The number of hydrogen-bond donors (Lipinski definition) is 2. The Balaban J connectivity index is 1.90. The van der Waals surface area contributed by atoms with Gasteiger partial charge in [0.25, 0.3) is 0 Å². The molecule has 1 aromatic rings. The van der Waals surface area contributed by atoms with Gasteiger partial charge in [0.2, 0.25) is 5.91 Å². The second-order valence-electron chi connectivity index (χ2n) is 6.55. The Hall–Kier alpha value is -1.75. The third-order valence-corrected chi connectivity index (χ3v) is 4.67. The minimum Gasteiger partial charge on any atom is -0.504 e. The van der Waals surface area contributed by atoms with Crippen molar-refractivity contribution in [2.75, 3.05) is 14.2 Å². The van der Waals surface area contributed by atoms with Crippen molar-refractivity contribution in [1.29, 1.82) is 0 Å². The fourth-order valence-electron chi connectivity index (χ4n) is 3.34. The molecule has 1 atom stereocenters. The van der Waals surface area contributed by atoms with Crippen LogP contribution in [0.25, 0.3) is 0 Å². The lowest BCUT2D eigenvalue weighted by Gasteiger charge is -2.27. The van der Waals surface area contributed by atoms with Crippen LogP contribution in [0.5, 0.6) is 11.5 Å². The number of methoxy groups -OCH3 is 1. The van der Waals surface area contributed by atoms with E-state index < -0.39 is 6.04 Å². The number of hydrogen-bond acceptors (Lipinski definition) is 4. The molecule has 1 aromatic carbocycles. The monoisotopic (exact) mass is 320 g/mol. The second-order valence-corrected chi connectivity index (χ2v) is 6.55. The number of nitrogens with zero attached hydrogens (tertiary/aromatic N) is 1. The number of carbonyl (C=O) groups is 1. The summed E-state index contributed by atoms with van der Waals surface area (Å²) in [7, 11) is 3.27. The number of ether oxygens (including phenoxy) is 1. The highest BCUT2D eigenvalue weighted by Crippen LogP contribution is 2.28. The SMILES string of the molecule is COc1cc(CN(C)C(=O)C(N)CC2CCCCC2)ccc1O. The number of rotatable bonds is 6. The van der Waals surface area contributed by atoms with Crippen molar-refractivity contribution in [2.45, 2.75) is 51.1 Å². The largest absolute Gasteiger partial charge is 0.504 e. The van der Waals surface area contributed by atoms with Gasteiger partial charge in [-0.1, -0.05) is 38.2 Å². The Morgan fingerprint density at radius 2 is 2.09 bits per heavy atom. The lowest BCUT2D eigenvalue weighted by molar-refractivity contribution is -0.132. The normalized spacial score (nSPS) is 16.8. The van der Waals surface area contributed by atoms with Crippen molar-refractivity contribution in [3.8, 4) is 11.5 Å². The molecule has 0 aliphatic heterocycles. The third kappa shape index (κ3) is 4.86. The predicted molar refractivity (Wildman–Crippen MR) is 90.3 cm³/mol. The van der Waals surface area contributed by atoms with Gasteiger partial charge in [-0.3, -0.25) is 4.79 Å². The summed E-state index contributed by atoms with van der Waals surface area (Å²) in [5.41, 5.74) is 7.03. The Morgan fingerprint density at radius 3 is 2.74 bits per heavy atom. The van der Waals surface area contributed by atoms with E-state index in [-0.39, 0.29) is 11.7 Å². The molecule has 5 heteroatoms. The van der Waals surface area contributed by atoms with E-state index in [1.165, 1.54) is 39.2 Å². The van der Waals surface area contributed by atoms with Crippen LogP contribution >= 0.6 is 0 Å². The molecule has 0 bridgehead atoms. The first-order valence-electron chi connectivity index (χ1n) is 8.37. The lowest BCUT2D eigenvalue weighted by Crippen LogP contribution is -2.42. The van der Waals surface area contributed by atoms with Crippen LogP contribution in [0.2, 0.25) is 0 Å². The van der Waals surface area contributed by atoms with Crippen LogP contribution in [0.1, 0.15) is 44.1 Å². The molecule has 0 radical (unpaired) electrons. The van der Waals surface area contributed by atoms with Gasteiger partial charge in [-0.15, -0.1) is 0 Å². The zero-order valence-corrected chi connectivity index (χ0v) is 14.1. The van der Waals surface area contributed by atoms with Crippen molar-refractivity contribution in [3.63, 3.8) is 0 Å². The molecule has 1 amide bonds. The van der Waals surface area contributed by atoms with Crippen LogP contribution < -0.4 is 10.5 Å². The van der Waals surface area contributed by atoms with E-state index in [4.69, 9.17) is 10.5 Å². The molecular weight excluding hydrogens is 292 g/mol. The molecule has 5 nitrogen and oxygen atoms in total. The molecule has 0 saturated heterocycles. The third-order valence-electron chi connectivity index (χ3n) is 4.67. The van der Waals surface area contributed by atoms with Gasteiger partial charge in [0.05, 0.1) is 13.2 Å². The van der Waals surface area contributed by atoms with Gasteiger partial charge >= 0.3 is 0 Å². The summed E-state index contributed by atoms with van der Waals surface area (Å²) in [6.45, 7) is 0.452. The number of phenolic OH excluding ortho intramolecular Hbond substituents is 1. The highest BCUT2D eigenvalue weighted by Gasteiger charge is 2.23. The van der Waals surface area contributed by atoms with Gasteiger partial charge < -0.3 is 20.5 Å². The van der Waals surface area contributed by atoms with Crippen molar-refractivity contribution in [1.82, 2.24) is 4.90 Å². The maximum Gasteiger partial charge on any atom is 0.239 e. The van der Waals surface area contributed by atoms with Crippen molar-refractivity contribution in [2.24, 2.45) is 11.7 Å². The van der Waals surface area contributed by atoms with E-state index >= 15 is 0 Å². The number of aromatic hydroxyl groups is 1. The number of benzene rings is 1. The second kappa shape index (κ2) is 8.20. The van der Waals surface area contributed by atoms with Crippen LogP contribution in [0.4, 0.5) is 0 Å². The molecule has 2 rings (SSSR count). The number of phenols is 1. The lowest BCUT2D eigenvalue weighted by atomic mass is 9.85. The standard InChI is InChI=1S/C18H28N2O3/c1-20(12-14-8-9-16(21)17(11-14)23-2)18(22)15(19)10-13-6-4-3-5-7-13/h8-9,11,13,15,21H,3-7,10,12,19H2,1-2H3. The van der Waals surface area contributed by atoms with Crippen molar-refractivity contribution >= 4 is 5.91 Å². The molecule has 1 saturated carbocycles. The molecule has 3 N–H and O–H groups in total. The summed E-state index contributed by atoms with van der Waals surface area (Å²) >= 11 is 0. The molecule has 23 heavy (non-hydrogen) atoms. The van der Waals surface area contributed by atoms with Gasteiger partial charge in [0.15, 0.2) is 11.5 Å². The molecule has 1 aliphatic carbocycles. The summed E-state index contributed by atoms with van der Waals surface area (Å²) in [5.74, 6) is 1.07.